The fraction of sp³-hybridized carbons (Fsp3) is 0. The molecule has 0 aliphatic carbocycles. The van der Waals surface area contributed by atoms with E-state index in [9.17, 15) is 9.05 Å². The first kappa shape index (κ1) is 10.6. The Labute approximate surface area is 41.3 Å². The van der Waals surface area contributed by atoms with E-state index in [1.165, 1.54) is 0 Å². The maximum absolute atomic E-state index is 9.75. The van der Waals surface area contributed by atoms with Crippen LogP contribution in [-0.2, 0) is 20.3 Å². The first-order valence-electron chi connectivity index (χ1n) is 1.01. The predicted octanol–water partition coefficient (Wildman–Crippen LogP) is 0.584. The molecule has 0 rings (SSSR count). The fourth-order valence-electron chi connectivity index (χ4n) is 0. The van der Waals surface area contributed by atoms with Crippen LogP contribution in [0.25, 0.3) is 0 Å². The largest absolute Gasteiger partial charge is 0.219 e. The lowest BCUT2D eigenvalue weighted by Crippen LogP contribution is -1.67. The lowest BCUT2D eigenvalue weighted by Gasteiger charge is -1.66. The molecule has 0 aromatic carbocycles. The van der Waals surface area contributed by atoms with Gasteiger partial charge in [0.15, 0.2) is 0 Å². The van der Waals surface area contributed by atoms with Crippen LogP contribution in [0.15, 0.2) is 0 Å². The van der Waals surface area contributed by atoms with Crippen molar-refractivity contribution < 1.29 is 39.8 Å². The van der Waals surface area contributed by atoms with Crippen molar-refractivity contribution in [3.8, 4) is 0 Å². The van der Waals surface area contributed by atoms with E-state index in [2.05, 4.69) is 20.3 Å². The van der Waals surface area contributed by atoms with Crippen molar-refractivity contribution in [2.75, 3.05) is 0 Å². The number of halogens is 2. The Morgan fingerprint density at radius 1 is 0.875 bits per heavy atom. The summed E-state index contributed by atoms with van der Waals surface area (Å²) in [6.45, 7) is 0. The molecule has 0 amide bonds. The third kappa shape index (κ3) is 45.7. The molecular formula is H2F2O6. The van der Waals surface area contributed by atoms with E-state index in [1.54, 1.807) is 0 Å². The molecule has 0 spiro atoms. The summed E-state index contributed by atoms with van der Waals surface area (Å²) in [5.74, 6) is 0. The molecule has 0 radical (unpaired) electrons. The first-order chi connectivity index (χ1) is 3.83. The van der Waals surface area contributed by atoms with Crippen molar-refractivity contribution in [2.45, 2.75) is 0 Å². The first-order valence-corrected chi connectivity index (χ1v) is 1.01. The minimum atomic E-state index is 2.10. The van der Waals surface area contributed by atoms with Crippen LogP contribution in [-0.4, -0.2) is 10.5 Å². The Balaban J connectivity index is 0. The molecule has 0 fully saturated rings. The predicted molar refractivity (Wildman–Crippen MR) is 11.8 cm³/mol. The normalized spacial score (nSPS) is 7.50. The van der Waals surface area contributed by atoms with Gasteiger partial charge in [-0.15, -0.1) is 0 Å². The Morgan fingerprint density at radius 2 is 1.00 bits per heavy atom. The SMILES string of the molecule is OOOF.OOOF. The Kier molecular flexibility index (Phi) is 21.1. The monoisotopic (exact) mass is 136 g/mol. The molecule has 0 heterocycles. The van der Waals surface area contributed by atoms with Crippen molar-refractivity contribution in [2.24, 2.45) is 0 Å². The minimum Gasteiger partial charge on any atom is -0.219 e. The summed E-state index contributed by atoms with van der Waals surface area (Å²) in [4.78, 5) is 0. The van der Waals surface area contributed by atoms with Gasteiger partial charge in [-0.05, 0) is 19.1 Å². The van der Waals surface area contributed by atoms with Crippen LogP contribution in [0.4, 0.5) is 9.05 Å². The molecule has 6 nitrogen and oxygen atoms in total. The smallest absolute Gasteiger partial charge is 0.00774 e. The van der Waals surface area contributed by atoms with Gasteiger partial charge in [0.2, 0.25) is 0 Å². The van der Waals surface area contributed by atoms with Crippen molar-refractivity contribution in [3.63, 3.8) is 0 Å². The number of hydrogen-bond donors (Lipinski definition) is 2. The van der Waals surface area contributed by atoms with E-state index >= 15 is 0 Å². The number of hydrogen-bond acceptors (Lipinski definition) is 6. The van der Waals surface area contributed by atoms with Crippen molar-refractivity contribution in [3.05, 3.63) is 0 Å². The third-order valence-electron chi connectivity index (χ3n) is 0.0563. The maximum atomic E-state index is 9.75. The molecule has 0 aliphatic rings. The average molecular weight is 136 g/mol. The summed E-state index contributed by atoms with van der Waals surface area (Å²) in [6.07, 6.45) is 0. The Hall–Kier alpha value is -0.380. The third-order valence-corrected chi connectivity index (χ3v) is 0.0563. The van der Waals surface area contributed by atoms with Gasteiger partial charge in [0.25, 0.3) is 0 Å². The highest BCUT2D eigenvalue weighted by Gasteiger charge is 1.58. The summed E-state index contributed by atoms with van der Waals surface area (Å²) < 4.78 is 19.5. The van der Waals surface area contributed by atoms with Gasteiger partial charge >= 0.3 is 0 Å². The van der Waals surface area contributed by atoms with Gasteiger partial charge in [-0.3, -0.25) is 0 Å². The minimum absolute atomic E-state index is 2.10. The summed E-state index contributed by atoms with van der Waals surface area (Å²) in [7, 11) is 0. The zero-order valence-corrected chi connectivity index (χ0v) is 3.28. The average Bonchev–Trinajstić information content (AvgIpc) is 1.88. The van der Waals surface area contributed by atoms with E-state index < -0.39 is 0 Å². The highest BCUT2D eigenvalue weighted by atomic mass is 19.3. The van der Waals surface area contributed by atoms with E-state index in [1.807, 2.05) is 0 Å². The second kappa shape index (κ2) is 16.0. The van der Waals surface area contributed by atoms with Crippen LogP contribution < -0.4 is 0 Å². The van der Waals surface area contributed by atoms with Gasteiger partial charge in [-0.2, -0.15) is 0 Å². The molecule has 0 saturated heterocycles. The zero-order chi connectivity index (χ0) is 6.83. The molecule has 8 heteroatoms. The molecule has 0 unspecified atom stereocenters. The van der Waals surface area contributed by atoms with E-state index in [0.717, 1.165) is 0 Å². The quantitative estimate of drug-likeness (QED) is 0.427. The lowest BCUT2D eigenvalue weighted by atomic mass is 14.5. The Morgan fingerprint density at radius 3 is 1.00 bits per heavy atom. The molecule has 8 heavy (non-hydrogen) atoms. The molecule has 0 bridgehead atoms. The number of rotatable bonds is 2. The van der Waals surface area contributed by atoms with Crippen molar-refractivity contribution >= 4 is 0 Å². The maximum Gasteiger partial charge on any atom is 0.00774 e. The molecule has 0 aromatic heterocycles. The van der Waals surface area contributed by atoms with Gasteiger partial charge in [-0.1, -0.05) is 0 Å². The highest BCUT2D eigenvalue weighted by Crippen LogP contribution is 1.63. The van der Waals surface area contributed by atoms with Crippen LogP contribution in [0.5, 0.6) is 0 Å². The summed E-state index contributed by atoms with van der Waals surface area (Å²) in [5.41, 5.74) is 0. The molecular weight excluding hydrogens is 134 g/mol. The van der Waals surface area contributed by atoms with Crippen LogP contribution in [0, 0.1) is 0 Å². The second-order valence-corrected chi connectivity index (χ2v) is 0.275. The van der Waals surface area contributed by atoms with E-state index in [-0.39, 0.29) is 0 Å². The van der Waals surface area contributed by atoms with Crippen molar-refractivity contribution in [1.82, 2.24) is 0 Å². The van der Waals surface area contributed by atoms with E-state index in [0.29, 0.717) is 0 Å². The lowest BCUT2D eigenvalue weighted by molar-refractivity contribution is -0.572. The molecule has 0 aromatic rings. The van der Waals surface area contributed by atoms with Gasteiger partial charge in [0.05, 0.1) is 0 Å². The van der Waals surface area contributed by atoms with Crippen LogP contribution in [0.3, 0.4) is 0 Å². The summed E-state index contributed by atoms with van der Waals surface area (Å²) in [6, 6.07) is 0. The molecule has 0 aliphatic heterocycles. The molecule has 0 atom stereocenters. The Bertz CT molecular complexity index is 14.5. The van der Waals surface area contributed by atoms with Gasteiger partial charge in [0.1, 0.15) is 0 Å². The standard InChI is InChI=1S/2FHO3/c2*1-3-4-2/h2*2H. The molecule has 2 N–H and O–H groups in total. The molecule has 0 saturated carbocycles. The zero-order valence-electron chi connectivity index (χ0n) is 3.28. The summed E-state index contributed by atoms with van der Waals surface area (Å²) >= 11 is 0. The van der Waals surface area contributed by atoms with Crippen molar-refractivity contribution in [1.29, 1.82) is 0 Å². The summed E-state index contributed by atoms with van der Waals surface area (Å²) in [5, 5.41) is 22.5. The highest BCUT2D eigenvalue weighted by molar-refractivity contribution is 2.68. The van der Waals surface area contributed by atoms with Gasteiger partial charge in [0, 0.05) is 10.2 Å². The van der Waals surface area contributed by atoms with Gasteiger partial charge in [-0.25, -0.2) is 10.5 Å². The van der Waals surface area contributed by atoms with E-state index in [4.69, 9.17) is 10.5 Å². The van der Waals surface area contributed by atoms with Crippen LogP contribution >= 0.6 is 0 Å². The van der Waals surface area contributed by atoms with Crippen LogP contribution in [0.2, 0.25) is 0 Å². The second-order valence-electron chi connectivity index (χ2n) is 0.275. The van der Waals surface area contributed by atoms with Crippen LogP contribution in [0.1, 0.15) is 0 Å². The topological polar surface area (TPSA) is 77.4 Å². The van der Waals surface area contributed by atoms with Gasteiger partial charge < -0.3 is 0 Å². The fourth-order valence-corrected chi connectivity index (χ4v) is 0. The molecule has 52 valence electrons.